The summed E-state index contributed by atoms with van der Waals surface area (Å²) in [5.41, 5.74) is -1.05. The van der Waals surface area contributed by atoms with Gasteiger partial charge in [0.2, 0.25) is 5.78 Å². The number of hydrogen-bond acceptors (Lipinski definition) is 11. The first kappa shape index (κ1) is 36.8. The Bertz CT molecular complexity index is 2010. The van der Waals surface area contributed by atoms with Crippen LogP contribution in [0.15, 0.2) is 36.4 Å². The molecule has 2 saturated heterocycles. The molecule has 4 fully saturated rings. The molecule has 2 saturated carbocycles. The number of ether oxygens (including phenoxy) is 4. The number of nitrogens with zero attached hydrogens (tertiary/aromatic N) is 2. The van der Waals surface area contributed by atoms with Gasteiger partial charge in [-0.25, -0.2) is 19.2 Å². The Hall–Kier alpha value is -4.52. The van der Waals surface area contributed by atoms with Crippen LogP contribution in [0.25, 0.3) is 20.9 Å². The summed E-state index contributed by atoms with van der Waals surface area (Å²) in [6.07, 6.45) is 3.59. The highest BCUT2D eigenvalue weighted by Gasteiger charge is 2.54. The zero-order valence-electron chi connectivity index (χ0n) is 31.0. The van der Waals surface area contributed by atoms with Gasteiger partial charge in [0.05, 0.1) is 4.88 Å². The van der Waals surface area contributed by atoms with Crippen molar-refractivity contribution in [3.8, 4) is 0 Å². The molecular formula is C40H46N2O10S. The molecule has 12 nitrogen and oxygen atoms in total. The predicted molar refractivity (Wildman–Crippen MR) is 196 cm³/mol. The third-order valence-corrected chi connectivity index (χ3v) is 11.9. The van der Waals surface area contributed by atoms with E-state index in [2.05, 4.69) is 0 Å². The molecule has 0 spiro atoms. The van der Waals surface area contributed by atoms with Crippen molar-refractivity contribution in [1.29, 1.82) is 0 Å². The smallest absolute Gasteiger partial charge is 0.411 e. The molecule has 2 aliphatic heterocycles. The highest BCUT2D eigenvalue weighted by molar-refractivity contribution is 7.21. The number of hydrogen-bond donors (Lipinski definition) is 0. The van der Waals surface area contributed by atoms with E-state index in [4.69, 9.17) is 18.9 Å². The lowest BCUT2D eigenvalue weighted by atomic mass is 9.99. The van der Waals surface area contributed by atoms with Crippen LogP contribution in [-0.2, 0) is 28.5 Å². The normalized spacial score (nSPS) is 24.9. The van der Waals surface area contributed by atoms with E-state index in [0.29, 0.717) is 23.3 Å². The molecule has 1 aromatic heterocycles. The number of piperidine rings is 2. The molecule has 3 aromatic rings. The van der Waals surface area contributed by atoms with Gasteiger partial charge in [0.15, 0.2) is 19.0 Å². The molecular weight excluding hydrogens is 701 g/mol. The molecule has 0 N–H and O–H groups in total. The molecule has 2 aliphatic carbocycles. The van der Waals surface area contributed by atoms with Crippen molar-refractivity contribution < 1.29 is 47.7 Å². The number of esters is 2. The number of likely N-dealkylation sites (tertiary alicyclic amines) is 2. The average Bonchev–Trinajstić information content (AvgIpc) is 3.93. The summed E-state index contributed by atoms with van der Waals surface area (Å²) in [6.45, 7) is 9.76. The number of ketones is 2. The SMILES string of the molecule is CC(C)(C)OC(=O)N1C2CCC(C2)C1C(=O)OCC(=O)c1cc2ccc3cc(C(=O)COC(=O)[C@@H]4[C@H]5CC[C@H](C5)N4C(=O)OC(C)(C)C)ccc3c2s1. The van der Waals surface area contributed by atoms with E-state index in [1.54, 1.807) is 65.8 Å². The second-order valence-corrected chi connectivity index (χ2v) is 17.8. The molecule has 2 amide bonds. The van der Waals surface area contributed by atoms with Crippen LogP contribution in [0.3, 0.4) is 0 Å². The number of Topliss-reactive ketones (excluding diaryl/α,β-unsaturated/α-hetero) is 2. The van der Waals surface area contributed by atoms with Gasteiger partial charge in [-0.2, -0.15) is 0 Å². The Labute approximate surface area is 312 Å². The summed E-state index contributed by atoms with van der Waals surface area (Å²) in [6, 6.07) is 8.98. The number of carbonyl (C=O) groups is 6. The average molecular weight is 747 g/mol. The number of rotatable bonds is 8. The Morgan fingerprint density at radius 3 is 1.70 bits per heavy atom. The molecule has 0 radical (unpaired) electrons. The van der Waals surface area contributed by atoms with Crippen LogP contribution in [0, 0.1) is 11.8 Å². The highest BCUT2D eigenvalue weighted by atomic mass is 32.1. The fourth-order valence-corrected chi connectivity index (χ4v) is 9.59. The van der Waals surface area contributed by atoms with Crippen molar-refractivity contribution in [2.24, 2.45) is 11.8 Å². The quantitative estimate of drug-likeness (QED) is 0.133. The van der Waals surface area contributed by atoms with Crippen molar-refractivity contribution in [3.05, 3.63) is 46.8 Å². The molecule has 3 unspecified atom stereocenters. The molecule has 2 aromatic carbocycles. The van der Waals surface area contributed by atoms with Crippen LogP contribution in [-0.4, -0.2) is 94.1 Å². The lowest BCUT2D eigenvalue weighted by Gasteiger charge is -2.35. The van der Waals surface area contributed by atoms with E-state index in [1.165, 1.54) is 21.1 Å². The molecule has 3 heterocycles. The van der Waals surface area contributed by atoms with Gasteiger partial charge in [-0.15, -0.1) is 11.3 Å². The van der Waals surface area contributed by atoms with Gasteiger partial charge in [-0.05, 0) is 120 Å². The number of thiophene rings is 1. The summed E-state index contributed by atoms with van der Waals surface area (Å²) in [5.74, 6) is -1.97. The number of benzene rings is 2. The summed E-state index contributed by atoms with van der Waals surface area (Å²) in [5, 5.41) is 2.43. The second kappa shape index (κ2) is 13.7. The highest BCUT2D eigenvalue weighted by Crippen LogP contribution is 2.45. The number of fused-ring (bicyclic) bond motifs is 7. The van der Waals surface area contributed by atoms with Gasteiger partial charge < -0.3 is 18.9 Å². The van der Waals surface area contributed by atoms with Crippen molar-refractivity contribution in [2.75, 3.05) is 13.2 Å². The fourth-order valence-electron chi connectivity index (χ4n) is 8.47. The Balaban J connectivity index is 0.984. The molecule has 4 bridgehead atoms. The minimum absolute atomic E-state index is 0.0217. The molecule has 53 heavy (non-hydrogen) atoms. The lowest BCUT2D eigenvalue weighted by Crippen LogP contribution is -2.51. The number of carbonyl (C=O) groups excluding carboxylic acids is 6. The summed E-state index contributed by atoms with van der Waals surface area (Å²) in [7, 11) is 0. The standard InChI is InChI=1S/C40H46N2O10S/c1-39(2,3)51-37(47)41-26-12-9-23(16-26)32(41)35(45)49-19-29(43)22-11-14-28-21(15-22)7-8-25-18-31(53-34(25)28)30(44)20-50-36(46)33-24-10-13-27(17-24)42(33)38(48)52-40(4,5)6/h7-8,11,14-15,18,23-24,26-27,32-33H,9-10,12-13,16-17,19-20H2,1-6H3/t23-,24?,26+,27?,32-,33?/m0/s1. The second-order valence-electron chi connectivity index (χ2n) is 16.7. The summed E-state index contributed by atoms with van der Waals surface area (Å²) >= 11 is 1.27. The Morgan fingerprint density at radius 2 is 1.17 bits per heavy atom. The van der Waals surface area contributed by atoms with Crippen molar-refractivity contribution in [3.63, 3.8) is 0 Å². The van der Waals surface area contributed by atoms with E-state index < -0.39 is 60.6 Å². The third-order valence-electron chi connectivity index (χ3n) is 10.6. The molecule has 7 rings (SSSR count). The minimum atomic E-state index is -0.773. The Morgan fingerprint density at radius 1 is 0.660 bits per heavy atom. The van der Waals surface area contributed by atoms with Crippen molar-refractivity contribution in [1.82, 2.24) is 9.80 Å². The van der Waals surface area contributed by atoms with Gasteiger partial charge in [-0.3, -0.25) is 19.4 Å². The van der Waals surface area contributed by atoms with Gasteiger partial charge in [0, 0.05) is 22.3 Å². The fraction of sp³-hybridized carbons (Fsp3) is 0.550. The molecule has 282 valence electrons. The van der Waals surface area contributed by atoms with Gasteiger partial charge in [0.25, 0.3) is 0 Å². The van der Waals surface area contributed by atoms with Gasteiger partial charge in [-0.1, -0.05) is 24.3 Å². The maximum absolute atomic E-state index is 13.3. The first-order chi connectivity index (χ1) is 25.0. The van der Waals surface area contributed by atoms with Gasteiger partial charge in [0.1, 0.15) is 23.3 Å². The van der Waals surface area contributed by atoms with Crippen molar-refractivity contribution in [2.45, 2.75) is 115 Å². The van der Waals surface area contributed by atoms with Crippen molar-refractivity contribution >= 4 is 67.9 Å². The van der Waals surface area contributed by atoms with Gasteiger partial charge >= 0.3 is 24.1 Å². The van der Waals surface area contributed by atoms with E-state index >= 15 is 0 Å². The lowest BCUT2D eigenvalue weighted by molar-refractivity contribution is -0.151. The molecule has 13 heteroatoms. The summed E-state index contributed by atoms with van der Waals surface area (Å²) in [4.78, 5) is 82.3. The van der Waals surface area contributed by atoms with E-state index in [0.717, 1.165) is 46.5 Å². The number of amides is 2. The predicted octanol–water partition coefficient (Wildman–Crippen LogP) is 7.08. The zero-order valence-corrected chi connectivity index (χ0v) is 31.8. The maximum atomic E-state index is 13.3. The third kappa shape index (κ3) is 7.36. The summed E-state index contributed by atoms with van der Waals surface area (Å²) < 4.78 is 23.0. The van der Waals surface area contributed by atoms with E-state index in [-0.39, 0.29) is 35.5 Å². The first-order valence-electron chi connectivity index (χ1n) is 18.4. The largest absolute Gasteiger partial charge is 0.456 e. The molecule has 4 aliphatic rings. The van der Waals surface area contributed by atoms with Crippen LogP contribution in [0.4, 0.5) is 9.59 Å². The van der Waals surface area contributed by atoms with Crippen LogP contribution >= 0.6 is 11.3 Å². The molecule has 6 atom stereocenters. The zero-order chi connectivity index (χ0) is 38.0. The van der Waals surface area contributed by atoms with Crippen LogP contribution in [0.2, 0.25) is 0 Å². The van der Waals surface area contributed by atoms with Crippen LogP contribution < -0.4 is 0 Å². The van der Waals surface area contributed by atoms with E-state index in [9.17, 15) is 28.8 Å². The minimum Gasteiger partial charge on any atom is -0.456 e. The maximum Gasteiger partial charge on any atom is 0.411 e. The van der Waals surface area contributed by atoms with Crippen LogP contribution in [0.5, 0.6) is 0 Å². The first-order valence-corrected chi connectivity index (χ1v) is 19.2. The topological polar surface area (TPSA) is 146 Å². The van der Waals surface area contributed by atoms with Crippen LogP contribution in [0.1, 0.15) is 100 Å². The monoisotopic (exact) mass is 746 g/mol. The Kier molecular flexibility index (Phi) is 9.53. The van der Waals surface area contributed by atoms with E-state index in [1.807, 2.05) is 12.1 Å².